The Bertz CT molecular complexity index is 733. The van der Waals surface area contributed by atoms with E-state index in [4.69, 9.17) is 0 Å². The van der Waals surface area contributed by atoms with Gasteiger partial charge in [-0.25, -0.2) is 8.78 Å². The lowest BCUT2D eigenvalue weighted by Crippen LogP contribution is -2.40. The molecule has 0 bridgehead atoms. The first-order chi connectivity index (χ1) is 11.0. The van der Waals surface area contributed by atoms with Gasteiger partial charge in [-0.2, -0.15) is 5.10 Å². The summed E-state index contributed by atoms with van der Waals surface area (Å²) in [6, 6.07) is 11.3. The molecule has 1 aromatic carbocycles. The van der Waals surface area contributed by atoms with Gasteiger partial charge in [-0.15, -0.1) is 0 Å². The largest absolute Gasteiger partial charge is 0.337 e. The minimum absolute atomic E-state index is 0.0236. The van der Waals surface area contributed by atoms with E-state index >= 15 is 0 Å². The van der Waals surface area contributed by atoms with Crippen LogP contribution in [-0.4, -0.2) is 40.0 Å². The summed E-state index contributed by atoms with van der Waals surface area (Å²) in [6.07, 6.45) is 0.737. The molecule has 2 aliphatic rings. The second-order valence-electron chi connectivity index (χ2n) is 6.49. The minimum atomic E-state index is -2.53. The van der Waals surface area contributed by atoms with E-state index in [1.807, 2.05) is 30.3 Å². The quantitative estimate of drug-likeness (QED) is 0.923. The Morgan fingerprint density at radius 3 is 2.43 bits per heavy atom. The highest BCUT2D eigenvalue weighted by Gasteiger charge is 2.70. The SMILES string of the molecule is O=C(c1cc(-c2ccccc2)n[nH]1)N1CCC2(CC1)CC2(F)F. The zero-order chi connectivity index (χ0) is 16.1. The highest BCUT2D eigenvalue weighted by molar-refractivity contribution is 5.93. The summed E-state index contributed by atoms with van der Waals surface area (Å²) < 4.78 is 26.8. The van der Waals surface area contributed by atoms with Crippen LogP contribution >= 0.6 is 0 Å². The molecule has 0 atom stereocenters. The van der Waals surface area contributed by atoms with E-state index in [0.717, 1.165) is 5.56 Å². The second kappa shape index (κ2) is 4.88. The number of piperidine rings is 1. The van der Waals surface area contributed by atoms with Gasteiger partial charge in [0.1, 0.15) is 5.69 Å². The number of aromatic amines is 1. The topological polar surface area (TPSA) is 49.0 Å². The predicted octanol–water partition coefficient (Wildman–Crippen LogP) is 3.34. The molecule has 6 heteroatoms. The number of benzene rings is 1. The van der Waals surface area contributed by atoms with Crippen molar-refractivity contribution in [1.82, 2.24) is 15.1 Å². The van der Waals surface area contributed by atoms with E-state index < -0.39 is 11.3 Å². The summed E-state index contributed by atoms with van der Waals surface area (Å²) in [4.78, 5) is 14.1. The lowest BCUT2D eigenvalue weighted by Gasteiger charge is -2.31. The van der Waals surface area contributed by atoms with Crippen molar-refractivity contribution in [3.05, 3.63) is 42.1 Å². The first-order valence-corrected chi connectivity index (χ1v) is 7.79. The molecule has 1 saturated heterocycles. The van der Waals surface area contributed by atoms with Crippen molar-refractivity contribution in [3.63, 3.8) is 0 Å². The molecule has 0 unspecified atom stereocenters. The number of amides is 1. The second-order valence-corrected chi connectivity index (χ2v) is 6.49. The van der Waals surface area contributed by atoms with Crippen LogP contribution in [0.3, 0.4) is 0 Å². The van der Waals surface area contributed by atoms with Gasteiger partial charge in [-0.3, -0.25) is 9.89 Å². The maximum Gasteiger partial charge on any atom is 0.271 e. The summed E-state index contributed by atoms with van der Waals surface area (Å²) in [5.74, 6) is -2.70. The van der Waals surface area contributed by atoms with E-state index in [2.05, 4.69) is 10.2 Å². The highest BCUT2D eigenvalue weighted by Crippen LogP contribution is 2.65. The van der Waals surface area contributed by atoms with Gasteiger partial charge in [0.15, 0.2) is 0 Å². The van der Waals surface area contributed by atoms with E-state index in [1.165, 1.54) is 0 Å². The van der Waals surface area contributed by atoms with Crippen molar-refractivity contribution in [2.24, 2.45) is 5.41 Å². The monoisotopic (exact) mass is 317 g/mol. The predicted molar refractivity (Wildman–Crippen MR) is 81.2 cm³/mol. The van der Waals surface area contributed by atoms with Crippen LogP contribution in [0.25, 0.3) is 11.3 Å². The molecule has 120 valence electrons. The van der Waals surface area contributed by atoms with Crippen molar-refractivity contribution in [2.75, 3.05) is 13.1 Å². The number of aromatic nitrogens is 2. The summed E-state index contributed by atoms with van der Waals surface area (Å²) >= 11 is 0. The molecule has 4 nitrogen and oxygen atoms in total. The van der Waals surface area contributed by atoms with Crippen molar-refractivity contribution >= 4 is 5.91 Å². The fourth-order valence-corrected chi connectivity index (χ4v) is 3.42. The average Bonchev–Trinajstić information content (AvgIpc) is 2.94. The Hall–Kier alpha value is -2.24. The number of hydrogen-bond donors (Lipinski definition) is 1. The van der Waals surface area contributed by atoms with Crippen LogP contribution in [0.15, 0.2) is 36.4 Å². The first-order valence-electron chi connectivity index (χ1n) is 7.79. The summed E-state index contributed by atoms with van der Waals surface area (Å²) in [5.41, 5.74) is 1.20. The number of carbonyl (C=O) groups is 1. The van der Waals surface area contributed by atoms with Crippen LogP contribution < -0.4 is 0 Å². The maximum absolute atomic E-state index is 13.4. The van der Waals surface area contributed by atoms with Gasteiger partial charge in [-0.1, -0.05) is 30.3 Å². The molecular weight excluding hydrogens is 300 g/mol. The van der Waals surface area contributed by atoms with E-state index in [-0.39, 0.29) is 12.3 Å². The number of nitrogens with one attached hydrogen (secondary N) is 1. The van der Waals surface area contributed by atoms with Gasteiger partial charge in [-0.05, 0) is 18.9 Å². The summed E-state index contributed by atoms with van der Waals surface area (Å²) in [6.45, 7) is 0.766. The molecule has 1 aliphatic carbocycles. The van der Waals surface area contributed by atoms with Crippen molar-refractivity contribution in [1.29, 1.82) is 0 Å². The van der Waals surface area contributed by atoms with Crippen LogP contribution in [0, 0.1) is 5.41 Å². The molecule has 1 aliphatic heterocycles. The Balaban J connectivity index is 1.45. The number of nitrogens with zero attached hydrogens (tertiary/aromatic N) is 2. The minimum Gasteiger partial charge on any atom is -0.337 e. The number of carbonyl (C=O) groups excluding carboxylic acids is 1. The van der Waals surface area contributed by atoms with Crippen molar-refractivity contribution in [2.45, 2.75) is 25.2 Å². The molecule has 2 fully saturated rings. The van der Waals surface area contributed by atoms with Crippen molar-refractivity contribution < 1.29 is 13.6 Å². The van der Waals surface area contributed by atoms with Crippen LogP contribution in [-0.2, 0) is 0 Å². The fourth-order valence-electron chi connectivity index (χ4n) is 3.42. The number of H-pyrrole nitrogens is 1. The molecule has 1 saturated carbocycles. The first kappa shape index (κ1) is 14.4. The third-order valence-electron chi connectivity index (χ3n) is 5.10. The third-order valence-corrected chi connectivity index (χ3v) is 5.10. The third kappa shape index (κ3) is 2.33. The van der Waals surface area contributed by atoms with Crippen LogP contribution in [0.5, 0.6) is 0 Å². The number of alkyl halides is 2. The van der Waals surface area contributed by atoms with Gasteiger partial charge in [0.25, 0.3) is 11.8 Å². The van der Waals surface area contributed by atoms with E-state index in [0.29, 0.717) is 37.3 Å². The highest BCUT2D eigenvalue weighted by atomic mass is 19.3. The lowest BCUT2D eigenvalue weighted by atomic mass is 9.92. The molecule has 1 amide bonds. The fraction of sp³-hybridized carbons (Fsp3) is 0.412. The maximum atomic E-state index is 13.4. The lowest BCUT2D eigenvalue weighted by molar-refractivity contribution is 0.0282. The standard InChI is InChI=1S/C17H17F2N3O/c18-17(19)11-16(17)6-8-22(9-7-16)15(23)14-10-13(20-21-14)12-4-2-1-3-5-12/h1-5,10H,6-9,11H2,(H,20,21). The molecule has 1 N–H and O–H groups in total. The molecule has 1 spiro atoms. The van der Waals surface area contributed by atoms with Crippen LogP contribution in [0.2, 0.25) is 0 Å². The number of rotatable bonds is 2. The molecule has 4 rings (SSSR count). The van der Waals surface area contributed by atoms with E-state index in [1.54, 1.807) is 11.0 Å². The molecule has 2 heterocycles. The normalized spacial score (nSPS) is 21.4. The molecular formula is C17H17F2N3O. The Morgan fingerprint density at radius 1 is 1.17 bits per heavy atom. The number of hydrogen-bond acceptors (Lipinski definition) is 2. The Morgan fingerprint density at radius 2 is 1.83 bits per heavy atom. The van der Waals surface area contributed by atoms with Gasteiger partial charge < -0.3 is 4.90 Å². The average molecular weight is 317 g/mol. The number of halogens is 2. The molecule has 2 aromatic rings. The Labute approximate surface area is 132 Å². The van der Waals surface area contributed by atoms with Crippen molar-refractivity contribution in [3.8, 4) is 11.3 Å². The van der Waals surface area contributed by atoms with Crippen LogP contribution in [0.4, 0.5) is 8.78 Å². The molecule has 1 aromatic heterocycles. The smallest absolute Gasteiger partial charge is 0.271 e. The zero-order valence-corrected chi connectivity index (χ0v) is 12.6. The van der Waals surface area contributed by atoms with Gasteiger partial charge in [0.2, 0.25) is 0 Å². The molecule has 0 radical (unpaired) electrons. The summed E-state index contributed by atoms with van der Waals surface area (Å²) in [7, 11) is 0. The van der Waals surface area contributed by atoms with Gasteiger partial charge >= 0.3 is 0 Å². The van der Waals surface area contributed by atoms with Gasteiger partial charge in [0.05, 0.1) is 5.69 Å². The van der Waals surface area contributed by atoms with Gasteiger partial charge in [0, 0.05) is 30.5 Å². The number of likely N-dealkylation sites (tertiary alicyclic amines) is 1. The summed E-state index contributed by atoms with van der Waals surface area (Å²) in [5, 5.41) is 6.94. The van der Waals surface area contributed by atoms with E-state index in [9.17, 15) is 13.6 Å². The van der Waals surface area contributed by atoms with Crippen LogP contribution in [0.1, 0.15) is 29.8 Å². The molecule has 23 heavy (non-hydrogen) atoms. The zero-order valence-electron chi connectivity index (χ0n) is 12.6. The Kier molecular flexibility index (Phi) is 3.04.